The molecule has 0 bridgehead atoms. The summed E-state index contributed by atoms with van der Waals surface area (Å²) < 4.78 is 1.41. The van der Waals surface area contributed by atoms with Crippen molar-refractivity contribution in [2.24, 2.45) is 5.92 Å². The lowest BCUT2D eigenvalue weighted by atomic mass is 10.1. The van der Waals surface area contributed by atoms with Crippen molar-refractivity contribution in [3.05, 3.63) is 29.6 Å². The summed E-state index contributed by atoms with van der Waals surface area (Å²) in [6, 6.07) is 9.67. The number of hydrogen-bond donors (Lipinski definition) is 1. The molecule has 0 radical (unpaired) electrons. The van der Waals surface area contributed by atoms with Gasteiger partial charge in [0.15, 0.2) is 0 Å². The molecule has 0 spiro atoms. The van der Waals surface area contributed by atoms with Crippen LogP contribution in [0.4, 0.5) is 5.69 Å². The van der Waals surface area contributed by atoms with Gasteiger partial charge in [-0.3, -0.25) is 0 Å². The number of nitrogens with zero attached hydrogens (tertiary/aromatic N) is 1. The van der Waals surface area contributed by atoms with Crippen molar-refractivity contribution in [3.63, 3.8) is 0 Å². The molecule has 2 aliphatic rings. The molecule has 18 heavy (non-hydrogen) atoms. The Morgan fingerprint density at radius 3 is 3.06 bits per heavy atom. The molecule has 1 aromatic carbocycles. The number of rotatable bonds is 1. The molecule has 0 aliphatic carbocycles. The summed E-state index contributed by atoms with van der Waals surface area (Å²) in [5.41, 5.74) is 1.43. The van der Waals surface area contributed by atoms with Gasteiger partial charge >= 0.3 is 0 Å². The van der Waals surface area contributed by atoms with Gasteiger partial charge in [0.25, 0.3) is 0 Å². The van der Waals surface area contributed by atoms with E-state index in [4.69, 9.17) is 0 Å². The molecule has 0 amide bonds. The molecule has 2 fully saturated rings. The normalized spacial score (nSPS) is 26.3. The van der Waals surface area contributed by atoms with E-state index in [0.717, 1.165) is 12.0 Å². The third kappa shape index (κ3) is 1.81. The third-order valence-corrected chi connectivity index (χ3v) is 5.06. The highest BCUT2D eigenvalue weighted by Gasteiger charge is 2.36. The Kier molecular flexibility index (Phi) is 3.22. The van der Waals surface area contributed by atoms with E-state index >= 15 is 0 Å². The number of hydrogen-bond acceptors (Lipinski definition) is 3. The van der Waals surface area contributed by atoms with E-state index in [-0.39, 0.29) is 12.4 Å². The summed E-state index contributed by atoms with van der Waals surface area (Å²) in [7, 11) is 0. The minimum Gasteiger partial charge on any atom is -0.369 e. The van der Waals surface area contributed by atoms with Crippen LogP contribution in [0.25, 0.3) is 10.1 Å². The van der Waals surface area contributed by atoms with Gasteiger partial charge in [0.05, 0.1) is 0 Å². The Balaban J connectivity index is 0.000001000. The topological polar surface area (TPSA) is 15.3 Å². The first-order valence-corrected chi connectivity index (χ1v) is 7.24. The lowest BCUT2D eigenvalue weighted by Crippen LogP contribution is -2.30. The van der Waals surface area contributed by atoms with Crippen LogP contribution < -0.4 is 10.2 Å². The summed E-state index contributed by atoms with van der Waals surface area (Å²) in [6.07, 6.45) is 1.35. The van der Waals surface area contributed by atoms with Crippen LogP contribution in [0.1, 0.15) is 6.42 Å². The van der Waals surface area contributed by atoms with E-state index in [1.807, 2.05) is 11.3 Å². The van der Waals surface area contributed by atoms with Crippen molar-refractivity contribution in [2.45, 2.75) is 12.5 Å². The molecular weight excluding hydrogens is 264 g/mol. The van der Waals surface area contributed by atoms with Crippen molar-refractivity contribution in [3.8, 4) is 0 Å². The highest BCUT2D eigenvalue weighted by Crippen LogP contribution is 2.35. The van der Waals surface area contributed by atoms with Crippen molar-refractivity contribution >= 4 is 39.5 Å². The molecule has 96 valence electrons. The molecule has 1 aromatic heterocycles. The molecular formula is C14H17ClN2S. The quantitative estimate of drug-likeness (QED) is 0.863. The van der Waals surface area contributed by atoms with E-state index in [1.54, 1.807) is 0 Å². The SMILES string of the molecule is Cl.c1cc(N2CC3CCNC3C2)c2ccsc2c1. The first kappa shape index (κ1) is 12.3. The second-order valence-electron chi connectivity index (χ2n) is 5.12. The maximum absolute atomic E-state index is 3.62. The first-order valence-electron chi connectivity index (χ1n) is 6.36. The third-order valence-electron chi connectivity index (χ3n) is 4.18. The average Bonchev–Trinajstić information content (AvgIpc) is 3.02. The maximum Gasteiger partial charge on any atom is 0.0455 e. The van der Waals surface area contributed by atoms with Crippen LogP contribution in [0.2, 0.25) is 0 Å². The number of nitrogens with one attached hydrogen (secondary N) is 1. The lowest BCUT2D eigenvalue weighted by molar-refractivity contribution is 0.556. The number of benzene rings is 1. The molecule has 2 nitrogen and oxygen atoms in total. The standard InChI is InChI=1S/C14H16N2S.ClH/c1-2-13(11-5-7-17-14(11)3-1)16-8-10-4-6-15-12(10)9-16;/h1-3,5,7,10,12,15H,4,6,8-9H2;1H. The maximum atomic E-state index is 3.62. The molecule has 1 N–H and O–H groups in total. The first-order chi connectivity index (χ1) is 8.42. The van der Waals surface area contributed by atoms with Crippen molar-refractivity contribution in [1.29, 1.82) is 0 Å². The van der Waals surface area contributed by atoms with Crippen LogP contribution in [0, 0.1) is 5.92 Å². The van der Waals surface area contributed by atoms with Crippen LogP contribution >= 0.6 is 23.7 Å². The number of anilines is 1. The highest BCUT2D eigenvalue weighted by atomic mass is 35.5. The predicted octanol–water partition coefficient (Wildman–Crippen LogP) is 3.12. The van der Waals surface area contributed by atoms with Crippen molar-refractivity contribution < 1.29 is 0 Å². The van der Waals surface area contributed by atoms with Gasteiger partial charge in [-0.2, -0.15) is 0 Å². The monoisotopic (exact) mass is 280 g/mol. The molecule has 3 heterocycles. The Labute approximate surface area is 117 Å². The van der Waals surface area contributed by atoms with Gasteiger partial charge < -0.3 is 10.2 Å². The zero-order valence-electron chi connectivity index (χ0n) is 10.1. The predicted molar refractivity (Wildman–Crippen MR) is 81.2 cm³/mol. The van der Waals surface area contributed by atoms with Crippen LogP contribution in [-0.4, -0.2) is 25.7 Å². The summed E-state index contributed by atoms with van der Waals surface area (Å²) in [4.78, 5) is 2.57. The van der Waals surface area contributed by atoms with Crippen molar-refractivity contribution in [1.82, 2.24) is 5.32 Å². The largest absolute Gasteiger partial charge is 0.369 e. The second-order valence-corrected chi connectivity index (χ2v) is 6.07. The van der Waals surface area contributed by atoms with Crippen LogP contribution in [-0.2, 0) is 0 Å². The fourth-order valence-corrected chi connectivity index (χ4v) is 4.11. The van der Waals surface area contributed by atoms with Crippen LogP contribution in [0.3, 0.4) is 0 Å². The van der Waals surface area contributed by atoms with Gasteiger partial charge in [-0.05, 0) is 42.5 Å². The van der Waals surface area contributed by atoms with Gasteiger partial charge in [-0.15, -0.1) is 23.7 Å². The molecule has 0 saturated carbocycles. The number of halogens is 1. The van der Waals surface area contributed by atoms with E-state index in [0.29, 0.717) is 0 Å². The summed E-state index contributed by atoms with van der Waals surface area (Å²) >= 11 is 1.84. The molecule has 2 saturated heterocycles. The Hall–Kier alpha value is -0.770. The molecule has 2 unspecified atom stereocenters. The molecule has 2 atom stereocenters. The Morgan fingerprint density at radius 1 is 1.22 bits per heavy atom. The lowest BCUT2D eigenvalue weighted by Gasteiger charge is -2.20. The summed E-state index contributed by atoms with van der Waals surface area (Å²) in [5.74, 6) is 0.865. The zero-order chi connectivity index (χ0) is 11.2. The van der Waals surface area contributed by atoms with Gasteiger partial charge in [0.2, 0.25) is 0 Å². The van der Waals surface area contributed by atoms with E-state index in [2.05, 4.69) is 39.9 Å². The molecule has 2 aromatic rings. The molecule has 4 heteroatoms. The Bertz CT molecular complexity index is 541. The van der Waals surface area contributed by atoms with E-state index in [1.165, 1.54) is 41.8 Å². The highest BCUT2D eigenvalue weighted by molar-refractivity contribution is 7.17. The summed E-state index contributed by atoms with van der Waals surface area (Å²) in [5, 5.41) is 7.25. The average molecular weight is 281 g/mol. The second kappa shape index (κ2) is 4.72. The molecule has 4 rings (SSSR count). The smallest absolute Gasteiger partial charge is 0.0455 e. The van der Waals surface area contributed by atoms with E-state index < -0.39 is 0 Å². The fourth-order valence-electron chi connectivity index (χ4n) is 3.30. The summed E-state index contributed by atoms with van der Waals surface area (Å²) in [6.45, 7) is 3.62. The van der Waals surface area contributed by atoms with Gasteiger partial charge in [-0.25, -0.2) is 0 Å². The van der Waals surface area contributed by atoms with Gasteiger partial charge in [0, 0.05) is 34.9 Å². The minimum absolute atomic E-state index is 0. The molecule has 2 aliphatic heterocycles. The van der Waals surface area contributed by atoms with Gasteiger partial charge in [0.1, 0.15) is 0 Å². The van der Waals surface area contributed by atoms with Crippen molar-refractivity contribution in [2.75, 3.05) is 24.5 Å². The van der Waals surface area contributed by atoms with E-state index in [9.17, 15) is 0 Å². The Morgan fingerprint density at radius 2 is 2.17 bits per heavy atom. The van der Waals surface area contributed by atoms with Gasteiger partial charge in [-0.1, -0.05) is 6.07 Å². The van der Waals surface area contributed by atoms with Crippen LogP contribution in [0.15, 0.2) is 29.6 Å². The van der Waals surface area contributed by atoms with Crippen LogP contribution in [0.5, 0.6) is 0 Å². The fraction of sp³-hybridized carbons (Fsp3) is 0.429. The number of fused-ring (bicyclic) bond motifs is 2. The minimum atomic E-state index is 0. The number of thiophene rings is 1. The zero-order valence-corrected chi connectivity index (χ0v) is 11.8.